The zero-order valence-electron chi connectivity index (χ0n) is 11.6. The summed E-state index contributed by atoms with van der Waals surface area (Å²) >= 11 is 0. The first-order valence-electron chi connectivity index (χ1n) is 6.97. The summed E-state index contributed by atoms with van der Waals surface area (Å²) in [6, 6.07) is 0. The molecule has 0 spiro atoms. The lowest BCUT2D eigenvalue weighted by Gasteiger charge is -2.20. The molecule has 1 atom stereocenters. The molecule has 0 aromatic rings. The van der Waals surface area contributed by atoms with E-state index in [2.05, 4.69) is 27.7 Å². The van der Waals surface area contributed by atoms with Crippen molar-refractivity contribution in [3.63, 3.8) is 0 Å². The van der Waals surface area contributed by atoms with Crippen molar-refractivity contribution in [3.05, 3.63) is 0 Å². The number of hydrogen-bond acceptors (Lipinski definition) is 2. The molecule has 0 bridgehead atoms. The van der Waals surface area contributed by atoms with Crippen molar-refractivity contribution in [2.75, 3.05) is 6.61 Å². The van der Waals surface area contributed by atoms with Crippen LogP contribution in [0, 0.1) is 0 Å². The molecule has 0 amide bonds. The third-order valence-corrected chi connectivity index (χ3v) is 2.52. The first kappa shape index (κ1) is 15.9. The van der Waals surface area contributed by atoms with Gasteiger partial charge in [-0.05, 0) is 33.1 Å². The van der Waals surface area contributed by atoms with Gasteiger partial charge in [-0.15, -0.1) is 0 Å². The van der Waals surface area contributed by atoms with Crippen LogP contribution in [0.2, 0.25) is 0 Å². The fraction of sp³-hybridized carbons (Fsp3) is 1.00. The van der Waals surface area contributed by atoms with E-state index in [1.165, 1.54) is 32.1 Å². The number of ether oxygens (including phenoxy) is 2. The number of unbranched alkanes of at least 4 members (excludes halogenated alkanes) is 4. The Balaban J connectivity index is 3.63. The summed E-state index contributed by atoms with van der Waals surface area (Å²) in [7, 11) is 0. The van der Waals surface area contributed by atoms with Crippen molar-refractivity contribution in [1.82, 2.24) is 0 Å². The normalized spacial score (nSPS) is 13.3. The fourth-order valence-corrected chi connectivity index (χ4v) is 1.59. The molecule has 0 aromatic heterocycles. The molecule has 0 aliphatic heterocycles. The van der Waals surface area contributed by atoms with Crippen LogP contribution >= 0.6 is 0 Å². The summed E-state index contributed by atoms with van der Waals surface area (Å²) in [4.78, 5) is 0. The quantitative estimate of drug-likeness (QED) is 0.383. The average molecular weight is 230 g/mol. The highest BCUT2D eigenvalue weighted by Gasteiger charge is 2.10. The maximum atomic E-state index is 5.75. The van der Waals surface area contributed by atoms with E-state index >= 15 is 0 Å². The molecule has 1 unspecified atom stereocenters. The third kappa shape index (κ3) is 10.4. The summed E-state index contributed by atoms with van der Waals surface area (Å²) in [5, 5.41) is 0. The van der Waals surface area contributed by atoms with Gasteiger partial charge in [0.25, 0.3) is 0 Å². The van der Waals surface area contributed by atoms with Gasteiger partial charge in [0.2, 0.25) is 0 Å². The topological polar surface area (TPSA) is 18.5 Å². The maximum absolute atomic E-state index is 5.75. The predicted molar refractivity (Wildman–Crippen MR) is 69.6 cm³/mol. The van der Waals surface area contributed by atoms with Crippen LogP contribution in [0.1, 0.15) is 72.6 Å². The van der Waals surface area contributed by atoms with Crippen molar-refractivity contribution in [1.29, 1.82) is 0 Å². The fourth-order valence-electron chi connectivity index (χ4n) is 1.59. The van der Waals surface area contributed by atoms with Crippen molar-refractivity contribution >= 4 is 0 Å². The van der Waals surface area contributed by atoms with Gasteiger partial charge in [0.15, 0.2) is 6.29 Å². The van der Waals surface area contributed by atoms with Crippen molar-refractivity contribution in [2.45, 2.75) is 85.0 Å². The lowest BCUT2D eigenvalue weighted by Crippen LogP contribution is -2.21. The van der Waals surface area contributed by atoms with Crippen LogP contribution in [-0.4, -0.2) is 19.0 Å². The zero-order valence-corrected chi connectivity index (χ0v) is 11.6. The molecule has 98 valence electrons. The van der Waals surface area contributed by atoms with E-state index < -0.39 is 0 Å². The summed E-state index contributed by atoms with van der Waals surface area (Å²) in [5.41, 5.74) is 0. The van der Waals surface area contributed by atoms with E-state index in [-0.39, 0.29) is 12.4 Å². The average Bonchev–Trinajstić information content (AvgIpc) is 2.23. The second-order valence-electron chi connectivity index (χ2n) is 4.69. The minimum absolute atomic E-state index is 0.0170. The minimum atomic E-state index is 0.0170. The van der Waals surface area contributed by atoms with Gasteiger partial charge in [-0.25, -0.2) is 0 Å². The van der Waals surface area contributed by atoms with Gasteiger partial charge in [0.1, 0.15) is 0 Å². The molecule has 0 radical (unpaired) electrons. The second kappa shape index (κ2) is 11.4. The minimum Gasteiger partial charge on any atom is -0.353 e. The largest absolute Gasteiger partial charge is 0.353 e. The van der Waals surface area contributed by atoms with E-state index in [0.717, 1.165) is 19.4 Å². The smallest absolute Gasteiger partial charge is 0.157 e. The molecule has 0 saturated heterocycles. The van der Waals surface area contributed by atoms with Gasteiger partial charge in [-0.3, -0.25) is 0 Å². The molecule has 2 nitrogen and oxygen atoms in total. The van der Waals surface area contributed by atoms with Gasteiger partial charge in [0, 0.05) is 6.61 Å². The standard InChI is InChI=1S/C14H30O2/c1-5-7-9-10-11-14(16-13(3)4)15-12-8-6-2/h13-14H,5-12H2,1-4H3. The maximum Gasteiger partial charge on any atom is 0.157 e. The van der Waals surface area contributed by atoms with Gasteiger partial charge >= 0.3 is 0 Å². The van der Waals surface area contributed by atoms with Crippen LogP contribution in [-0.2, 0) is 9.47 Å². The van der Waals surface area contributed by atoms with Crippen molar-refractivity contribution in [2.24, 2.45) is 0 Å². The van der Waals surface area contributed by atoms with Crippen LogP contribution in [0.3, 0.4) is 0 Å². The van der Waals surface area contributed by atoms with E-state index in [1.807, 2.05) is 0 Å². The van der Waals surface area contributed by atoms with Crippen molar-refractivity contribution in [3.8, 4) is 0 Å². The first-order valence-corrected chi connectivity index (χ1v) is 6.97. The molecule has 0 fully saturated rings. The van der Waals surface area contributed by atoms with Crippen LogP contribution in [0.5, 0.6) is 0 Å². The molecule has 0 aliphatic carbocycles. The molecule has 0 N–H and O–H groups in total. The molecular weight excluding hydrogens is 200 g/mol. The Labute approximate surface area is 102 Å². The molecule has 0 heterocycles. The summed E-state index contributed by atoms with van der Waals surface area (Å²) in [6.45, 7) is 9.40. The summed E-state index contributed by atoms with van der Waals surface area (Å²) < 4.78 is 11.5. The summed E-state index contributed by atoms with van der Waals surface area (Å²) in [5.74, 6) is 0. The van der Waals surface area contributed by atoms with Gasteiger partial charge in [-0.2, -0.15) is 0 Å². The highest BCUT2D eigenvalue weighted by Crippen LogP contribution is 2.12. The monoisotopic (exact) mass is 230 g/mol. The van der Waals surface area contributed by atoms with Crippen LogP contribution in [0.4, 0.5) is 0 Å². The first-order chi connectivity index (χ1) is 7.70. The SMILES string of the molecule is CCCCCCC(OCCCC)OC(C)C. The molecular formula is C14H30O2. The van der Waals surface area contributed by atoms with Gasteiger partial charge in [-0.1, -0.05) is 39.5 Å². The Kier molecular flexibility index (Phi) is 11.3. The Morgan fingerprint density at radius 2 is 1.56 bits per heavy atom. The van der Waals surface area contributed by atoms with E-state index in [0.29, 0.717) is 0 Å². The number of hydrogen-bond donors (Lipinski definition) is 0. The van der Waals surface area contributed by atoms with Crippen molar-refractivity contribution < 1.29 is 9.47 Å². The molecule has 0 rings (SSSR count). The highest BCUT2D eigenvalue weighted by molar-refractivity contribution is 4.51. The van der Waals surface area contributed by atoms with E-state index in [9.17, 15) is 0 Å². The summed E-state index contributed by atoms with van der Waals surface area (Å²) in [6.07, 6.45) is 8.76. The molecule has 0 aromatic carbocycles. The lowest BCUT2D eigenvalue weighted by atomic mass is 10.1. The molecule has 0 saturated carbocycles. The Bertz CT molecular complexity index is 135. The van der Waals surface area contributed by atoms with Crippen LogP contribution in [0.15, 0.2) is 0 Å². The van der Waals surface area contributed by atoms with E-state index in [4.69, 9.17) is 9.47 Å². The molecule has 2 heteroatoms. The second-order valence-corrected chi connectivity index (χ2v) is 4.69. The zero-order chi connectivity index (χ0) is 12.2. The highest BCUT2D eigenvalue weighted by atomic mass is 16.7. The molecule has 0 aliphatic rings. The van der Waals surface area contributed by atoms with Crippen LogP contribution < -0.4 is 0 Å². The van der Waals surface area contributed by atoms with Gasteiger partial charge in [0.05, 0.1) is 6.10 Å². The predicted octanol–water partition coefficient (Wildman–Crippen LogP) is 4.52. The van der Waals surface area contributed by atoms with E-state index in [1.54, 1.807) is 0 Å². The Morgan fingerprint density at radius 1 is 0.875 bits per heavy atom. The Morgan fingerprint density at radius 3 is 2.12 bits per heavy atom. The van der Waals surface area contributed by atoms with Crippen LogP contribution in [0.25, 0.3) is 0 Å². The number of rotatable bonds is 11. The third-order valence-electron chi connectivity index (χ3n) is 2.52. The molecule has 16 heavy (non-hydrogen) atoms. The Hall–Kier alpha value is -0.0800. The van der Waals surface area contributed by atoms with Gasteiger partial charge < -0.3 is 9.47 Å². The lowest BCUT2D eigenvalue weighted by molar-refractivity contribution is -0.167.